The molecule has 2 nitrogen and oxygen atoms in total. The first-order valence-corrected chi connectivity index (χ1v) is 21.9. The Morgan fingerprint density at radius 1 is 0.410 bits per heavy atom. The molecule has 3 heteroatoms. The van der Waals surface area contributed by atoms with Gasteiger partial charge in [0.1, 0.15) is 11.5 Å². The summed E-state index contributed by atoms with van der Waals surface area (Å²) in [6.07, 6.45) is 0. The summed E-state index contributed by atoms with van der Waals surface area (Å²) in [7, 11) is 0. The Bertz CT molecular complexity index is 3120. The minimum absolute atomic E-state index is 0.266. The molecule has 9 aromatic rings. The van der Waals surface area contributed by atoms with Crippen molar-refractivity contribution >= 4 is 28.8 Å². The van der Waals surface area contributed by atoms with Crippen molar-refractivity contribution in [3.05, 3.63) is 246 Å². The van der Waals surface area contributed by atoms with Crippen LogP contribution in [0.4, 0.5) is 17.1 Å². The zero-order valence-electron chi connectivity index (χ0n) is 34.0. The summed E-state index contributed by atoms with van der Waals surface area (Å²) < 4.78 is 6.64. The van der Waals surface area contributed by atoms with E-state index in [-0.39, 0.29) is 5.41 Å². The third-order valence-electron chi connectivity index (χ3n) is 13.2. The Kier molecular flexibility index (Phi) is 8.07. The van der Waals surface area contributed by atoms with E-state index in [1.807, 2.05) is 17.8 Å². The van der Waals surface area contributed by atoms with Gasteiger partial charge in [0.15, 0.2) is 0 Å². The zero-order chi connectivity index (χ0) is 40.7. The fourth-order valence-electron chi connectivity index (χ4n) is 10.4. The summed E-state index contributed by atoms with van der Waals surface area (Å²) in [5.74, 6) is 1.82. The minimum atomic E-state index is -0.587. The average molecular weight is 800 g/mol. The first kappa shape index (κ1) is 35.8. The summed E-state index contributed by atoms with van der Waals surface area (Å²) in [6.45, 7) is 4.81. The largest absolute Gasteiger partial charge is 0.455 e. The van der Waals surface area contributed by atoms with Gasteiger partial charge in [-0.2, -0.15) is 0 Å². The smallest absolute Gasteiger partial charge is 0.142 e. The lowest BCUT2D eigenvalue weighted by atomic mass is 9.66. The fraction of sp³-hybridized carbons (Fsp3) is 0.0690. The molecule has 0 aromatic heterocycles. The molecule has 1 heterocycles. The Morgan fingerprint density at radius 3 is 1.74 bits per heavy atom. The molecule has 0 amide bonds. The van der Waals surface area contributed by atoms with Crippen molar-refractivity contribution in [1.82, 2.24) is 0 Å². The zero-order valence-corrected chi connectivity index (χ0v) is 34.8. The van der Waals surface area contributed by atoms with Gasteiger partial charge in [0, 0.05) is 28.0 Å². The second-order valence-electron chi connectivity index (χ2n) is 16.8. The second-order valence-corrected chi connectivity index (χ2v) is 17.9. The van der Waals surface area contributed by atoms with E-state index in [2.05, 4.69) is 225 Å². The number of fused-ring (bicyclic) bond motifs is 9. The molecule has 2 aliphatic carbocycles. The molecule has 1 unspecified atom stereocenters. The molecule has 3 aliphatic rings. The SMILES string of the molecule is CC1(C)c2cc(N(c3ccccc3)c3ccccc3)ccc2-c2ccc(C3(c4ccc(-c5ccccc5)cc4)c4ccccc4-c4c3ccc3c4Sc4ccccc4O3)cc21. The van der Waals surface area contributed by atoms with Gasteiger partial charge in [-0.05, 0) is 116 Å². The van der Waals surface area contributed by atoms with Crippen LogP contribution in [0.3, 0.4) is 0 Å². The average Bonchev–Trinajstić information content (AvgIpc) is 3.75. The third-order valence-corrected chi connectivity index (χ3v) is 14.4. The van der Waals surface area contributed by atoms with Crippen LogP contribution in [-0.4, -0.2) is 0 Å². The van der Waals surface area contributed by atoms with Crippen molar-refractivity contribution in [1.29, 1.82) is 0 Å². The quantitative estimate of drug-likeness (QED) is 0.166. The molecule has 290 valence electrons. The van der Waals surface area contributed by atoms with Gasteiger partial charge in [0.25, 0.3) is 0 Å². The van der Waals surface area contributed by atoms with E-state index in [9.17, 15) is 0 Å². The van der Waals surface area contributed by atoms with Crippen LogP contribution in [0, 0.1) is 0 Å². The van der Waals surface area contributed by atoms with Gasteiger partial charge in [-0.1, -0.05) is 183 Å². The molecule has 1 atom stereocenters. The second kappa shape index (κ2) is 13.7. The number of benzene rings is 9. The molecule has 0 spiro atoms. The van der Waals surface area contributed by atoms with Crippen LogP contribution in [0.15, 0.2) is 222 Å². The van der Waals surface area contributed by atoms with Gasteiger partial charge in [-0.15, -0.1) is 0 Å². The van der Waals surface area contributed by atoms with Gasteiger partial charge in [-0.25, -0.2) is 0 Å². The van der Waals surface area contributed by atoms with Crippen LogP contribution in [0.1, 0.15) is 47.2 Å². The van der Waals surface area contributed by atoms with Crippen molar-refractivity contribution in [3.63, 3.8) is 0 Å². The number of hydrogen-bond acceptors (Lipinski definition) is 3. The van der Waals surface area contributed by atoms with Crippen molar-refractivity contribution in [2.75, 3.05) is 4.90 Å². The Morgan fingerprint density at radius 2 is 1.00 bits per heavy atom. The summed E-state index contributed by atoms with van der Waals surface area (Å²) >= 11 is 1.83. The highest BCUT2D eigenvalue weighted by atomic mass is 32.2. The van der Waals surface area contributed by atoms with Crippen molar-refractivity contribution in [3.8, 4) is 44.9 Å². The molecule has 0 saturated heterocycles. The monoisotopic (exact) mass is 799 g/mol. The lowest BCUT2D eigenvalue weighted by molar-refractivity contribution is 0.454. The molecule has 12 rings (SSSR count). The van der Waals surface area contributed by atoms with Crippen LogP contribution in [0.25, 0.3) is 33.4 Å². The molecule has 1 aliphatic heterocycles. The molecule has 0 bridgehead atoms. The lowest BCUT2D eigenvalue weighted by Gasteiger charge is -2.35. The maximum Gasteiger partial charge on any atom is 0.142 e. The van der Waals surface area contributed by atoms with E-state index in [1.165, 1.54) is 71.7 Å². The molecule has 0 radical (unpaired) electrons. The first-order valence-electron chi connectivity index (χ1n) is 21.1. The van der Waals surface area contributed by atoms with Gasteiger partial charge < -0.3 is 9.64 Å². The molecule has 61 heavy (non-hydrogen) atoms. The third kappa shape index (κ3) is 5.37. The van der Waals surface area contributed by atoms with Crippen LogP contribution < -0.4 is 9.64 Å². The lowest BCUT2D eigenvalue weighted by Crippen LogP contribution is -2.29. The topological polar surface area (TPSA) is 12.5 Å². The summed E-state index contributed by atoms with van der Waals surface area (Å²) in [6, 6.07) is 77.8. The van der Waals surface area contributed by atoms with Crippen molar-refractivity contribution in [2.24, 2.45) is 0 Å². The number of hydrogen-bond donors (Lipinski definition) is 0. The van der Waals surface area contributed by atoms with Crippen molar-refractivity contribution in [2.45, 2.75) is 34.5 Å². The maximum absolute atomic E-state index is 6.64. The van der Waals surface area contributed by atoms with Crippen molar-refractivity contribution < 1.29 is 4.74 Å². The molecule has 9 aromatic carbocycles. The Balaban J connectivity index is 1.06. The van der Waals surface area contributed by atoms with Crippen LogP contribution in [0.5, 0.6) is 11.5 Å². The standard InChI is InChI=1S/C58H41NOS/c1-57(2)50-36-41(30-32-45(50)46-33-31-44(37-51(46)57)59(42-18-8-4-9-19-42)43-20-10-5-11-21-43)58(40-28-26-39(27-29-40)38-16-6-3-7-17-38)48-23-13-12-22-47(48)55-49(58)34-35-53-56(55)61-54-25-15-14-24-52(54)60-53/h3-37H,1-2H3. The summed E-state index contributed by atoms with van der Waals surface area (Å²) in [5, 5.41) is 0. The van der Waals surface area contributed by atoms with E-state index in [0.29, 0.717) is 0 Å². The number of para-hydroxylation sites is 3. The highest BCUT2D eigenvalue weighted by Gasteiger charge is 2.49. The molecule has 0 fully saturated rings. The molecule has 0 saturated carbocycles. The summed E-state index contributed by atoms with van der Waals surface area (Å²) in [5.41, 5.74) is 17.9. The van der Waals surface area contributed by atoms with Gasteiger partial charge in [0.05, 0.1) is 15.2 Å². The molecular weight excluding hydrogens is 759 g/mol. The number of nitrogens with zero attached hydrogens (tertiary/aromatic N) is 1. The minimum Gasteiger partial charge on any atom is -0.455 e. The van der Waals surface area contributed by atoms with E-state index in [4.69, 9.17) is 4.74 Å². The van der Waals surface area contributed by atoms with Gasteiger partial charge in [-0.3, -0.25) is 0 Å². The number of ether oxygens (including phenoxy) is 1. The number of rotatable bonds is 6. The molecule has 0 N–H and O–H groups in total. The molecular formula is C58H41NOS. The highest BCUT2D eigenvalue weighted by Crippen LogP contribution is 2.63. The van der Waals surface area contributed by atoms with Gasteiger partial charge in [0.2, 0.25) is 0 Å². The first-order chi connectivity index (χ1) is 30.0. The van der Waals surface area contributed by atoms with E-state index in [1.54, 1.807) is 0 Å². The number of anilines is 3. The highest BCUT2D eigenvalue weighted by molar-refractivity contribution is 7.99. The van der Waals surface area contributed by atoms with E-state index >= 15 is 0 Å². The van der Waals surface area contributed by atoms with Gasteiger partial charge >= 0.3 is 0 Å². The predicted molar refractivity (Wildman–Crippen MR) is 252 cm³/mol. The Hall–Kier alpha value is -7.07. The fourth-order valence-corrected chi connectivity index (χ4v) is 11.5. The maximum atomic E-state index is 6.64. The van der Waals surface area contributed by atoms with Crippen LogP contribution in [0.2, 0.25) is 0 Å². The van der Waals surface area contributed by atoms with E-state index < -0.39 is 5.41 Å². The van der Waals surface area contributed by atoms with Crippen LogP contribution >= 0.6 is 11.8 Å². The Labute approximate surface area is 361 Å². The van der Waals surface area contributed by atoms with Crippen LogP contribution in [-0.2, 0) is 10.8 Å². The predicted octanol–water partition coefficient (Wildman–Crippen LogP) is 15.7. The normalized spacial score (nSPS) is 16.0. The van der Waals surface area contributed by atoms with E-state index in [0.717, 1.165) is 33.5 Å². The summed E-state index contributed by atoms with van der Waals surface area (Å²) in [4.78, 5) is 4.68.